The fourth-order valence-electron chi connectivity index (χ4n) is 1.94. The van der Waals surface area contributed by atoms with Gasteiger partial charge in [-0.3, -0.25) is 9.78 Å². The van der Waals surface area contributed by atoms with Gasteiger partial charge in [0, 0.05) is 24.5 Å². The van der Waals surface area contributed by atoms with Crippen LogP contribution in [0.4, 0.5) is 0 Å². The van der Waals surface area contributed by atoms with Crippen LogP contribution in [0.15, 0.2) is 23.6 Å². The van der Waals surface area contributed by atoms with E-state index in [9.17, 15) is 4.79 Å². The lowest BCUT2D eigenvalue weighted by Crippen LogP contribution is -2.09. The van der Waals surface area contributed by atoms with Gasteiger partial charge in [0.25, 0.3) is 0 Å². The second kappa shape index (κ2) is 6.71. The minimum absolute atomic E-state index is 0.0255. The van der Waals surface area contributed by atoms with Gasteiger partial charge in [0.2, 0.25) is 0 Å². The smallest absolute Gasteiger partial charge is 0.313 e. The fraction of sp³-hybridized carbons (Fsp3) is 0.429. The first-order valence-corrected chi connectivity index (χ1v) is 7.65. The number of carboxylic acids is 1. The molecule has 0 unspecified atom stereocenters. The van der Waals surface area contributed by atoms with Crippen LogP contribution in [-0.4, -0.2) is 36.6 Å². The Morgan fingerprint density at radius 2 is 2.14 bits per heavy atom. The second-order valence-electron chi connectivity index (χ2n) is 5.24. The van der Waals surface area contributed by atoms with Crippen molar-refractivity contribution in [3.05, 3.63) is 24.0 Å². The van der Waals surface area contributed by atoms with E-state index < -0.39 is 5.97 Å². The molecule has 2 aromatic rings. The van der Waals surface area contributed by atoms with Crippen molar-refractivity contribution >= 4 is 17.7 Å². The summed E-state index contributed by atoms with van der Waals surface area (Å²) in [5.74, 6) is 0.245. The molecule has 0 spiro atoms. The summed E-state index contributed by atoms with van der Waals surface area (Å²) in [5.41, 5.74) is 1.94. The number of aliphatic carboxylic acids is 1. The van der Waals surface area contributed by atoms with Crippen LogP contribution in [0.1, 0.15) is 19.4 Å². The van der Waals surface area contributed by atoms with Crippen molar-refractivity contribution in [2.75, 3.05) is 5.75 Å². The minimum Gasteiger partial charge on any atom is -0.481 e. The highest BCUT2D eigenvalue weighted by Crippen LogP contribution is 2.25. The number of hydrogen-bond acceptors (Lipinski definition) is 5. The summed E-state index contributed by atoms with van der Waals surface area (Å²) in [6.45, 7) is 6.91. The molecule has 21 heavy (non-hydrogen) atoms. The average molecular weight is 306 g/mol. The summed E-state index contributed by atoms with van der Waals surface area (Å²) in [5, 5.41) is 17.8. The van der Waals surface area contributed by atoms with Gasteiger partial charge < -0.3 is 9.67 Å². The van der Waals surface area contributed by atoms with Crippen LogP contribution in [0.2, 0.25) is 0 Å². The van der Waals surface area contributed by atoms with E-state index >= 15 is 0 Å². The van der Waals surface area contributed by atoms with Crippen LogP contribution < -0.4 is 0 Å². The lowest BCUT2D eigenvalue weighted by Gasteiger charge is -2.12. The van der Waals surface area contributed by atoms with Crippen LogP contribution in [0.25, 0.3) is 11.4 Å². The highest BCUT2D eigenvalue weighted by molar-refractivity contribution is 7.99. The Labute approximate surface area is 127 Å². The van der Waals surface area contributed by atoms with Gasteiger partial charge in [-0.25, -0.2) is 0 Å². The molecular formula is C14H18N4O2S. The minimum atomic E-state index is -0.863. The maximum atomic E-state index is 10.7. The quantitative estimate of drug-likeness (QED) is 0.826. The molecule has 0 saturated carbocycles. The third-order valence-corrected chi connectivity index (χ3v) is 3.67. The predicted octanol–water partition coefficient (Wildman–Crippen LogP) is 2.48. The number of aromatic nitrogens is 4. The fourth-order valence-corrected chi connectivity index (χ4v) is 2.61. The SMILES string of the molecule is Cc1cncc(-c2nnc(SCC(=O)O)n2CC(C)C)c1. The molecule has 7 heteroatoms. The lowest BCUT2D eigenvalue weighted by atomic mass is 10.2. The van der Waals surface area contributed by atoms with E-state index in [0.29, 0.717) is 11.1 Å². The zero-order valence-electron chi connectivity index (χ0n) is 12.3. The summed E-state index contributed by atoms with van der Waals surface area (Å²) in [4.78, 5) is 14.9. The predicted molar refractivity (Wildman–Crippen MR) is 81.2 cm³/mol. The Kier molecular flexibility index (Phi) is 4.95. The average Bonchev–Trinajstić information content (AvgIpc) is 2.78. The molecule has 0 saturated heterocycles. The highest BCUT2D eigenvalue weighted by atomic mass is 32.2. The molecule has 0 atom stereocenters. The molecular weight excluding hydrogens is 288 g/mol. The van der Waals surface area contributed by atoms with Crippen molar-refractivity contribution in [3.8, 4) is 11.4 Å². The topological polar surface area (TPSA) is 80.9 Å². The van der Waals surface area contributed by atoms with Crippen molar-refractivity contribution < 1.29 is 9.90 Å². The summed E-state index contributed by atoms with van der Waals surface area (Å²) in [6.07, 6.45) is 3.53. The maximum absolute atomic E-state index is 10.7. The summed E-state index contributed by atoms with van der Waals surface area (Å²) in [7, 11) is 0. The Bertz CT molecular complexity index is 640. The molecule has 0 aliphatic heterocycles. The van der Waals surface area contributed by atoms with Gasteiger partial charge in [-0.1, -0.05) is 25.6 Å². The van der Waals surface area contributed by atoms with E-state index in [4.69, 9.17) is 5.11 Å². The number of pyridine rings is 1. The second-order valence-corrected chi connectivity index (χ2v) is 6.19. The first-order valence-electron chi connectivity index (χ1n) is 6.67. The van der Waals surface area contributed by atoms with Gasteiger partial charge in [0.05, 0.1) is 5.75 Å². The van der Waals surface area contributed by atoms with Gasteiger partial charge >= 0.3 is 5.97 Å². The Morgan fingerprint density at radius 1 is 1.38 bits per heavy atom. The summed E-state index contributed by atoms with van der Waals surface area (Å²) < 4.78 is 1.97. The first kappa shape index (κ1) is 15.5. The number of carboxylic acid groups (broad SMARTS) is 1. The molecule has 2 rings (SSSR count). The number of nitrogens with zero attached hydrogens (tertiary/aromatic N) is 4. The van der Waals surface area contributed by atoms with Gasteiger partial charge in [-0.05, 0) is 24.5 Å². The molecule has 0 amide bonds. The Morgan fingerprint density at radius 3 is 2.76 bits per heavy atom. The molecule has 0 radical (unpaired) electrons. The molecule has 112 valence electrons. The van der Waals surface area contributed by atoms with E-state index in [-0.39, 0.29) is 5.75 Å². The van der Waals surface area contributed by atoms with Crippen LogP contribution in [0.3, 0.4) is 0 Å². The number of thioether (sulfide) groups is 1. The van der Waals surface area contributed by atoms with Crippen LogP contribution in [0, 0.1) is 12.8 Å². The third-order valence-electron chi connectivity index (χ3n) is 2.72. The van der Waals surface area contributed by atoms with Crippen molar-refractivity contribution in [3.63, 3.8) is 0 Å². The van der Waals surface area contributed by atoms with Gasteiger partial charge in [-0.2, -0.15) is 0 Å². The van der Waals surface area contributed by atoms with Crippen molar-refractivity contribution in [2.45, 2.75) is 32.5 Å². The number of carbonyl (C=O) groups is 1. The van der Waals surface area contributed by atoms with Crippen LogP contribution in [-0.2, 0) is 11.3 Å². The molecule has 2 heterocycles. The molecule has 0 fully saturated rings. The number of aryl methyl sites for hydroxylation is 1. The summed E-state index contributed by atoms with van der Waals surface area (Å²) >= 11 is 1.19. The standard InChI is InChI=1S/C14H18N4O2S/c1-9(2)7-18-13(11-4-10(3)5-15-6-11)16-17-14(18)21-8-12(19)20/h4-6,9H,7-8H2,1-3H3,(H,19,20). The number of rotatable bonds is 6. The van der Waals surface area contributed by atoms with E-state index in [0.717, 1.165) is 23.5 Å². The largest absolute Gasteiger partial charge is 0.481 e. The van der Waals surface area contributed by atoms with E-state index in [1.165, 1.54) is 11.8 Å². The first-order chi connectivity index (χ1) is 9.97. The van der Waals surface area contributed by atoms with Gasteiger partial charge in [0.15, 0.2) is 11.0 Å². The zero-order chi connectivity index (χ0) is 15.4. The van der Waals surface area contributed by atoms with Crippen LogP contribution >= 0.6 is 11.8 Å². The molecule has 6 nitrogen and oxygen atoms in total. The Hall–Kier alpha value is -1.89. The molecule has 1 N–H and O–H groups in total. The van der Waals surface area contributed by atoms with Gasteiger partial charge in [0.1, 0.15) is 0 Å². The molecule has 0 aromatic carbocycles. The van der Waals surface area contributed by atoms with Crippen molar-refractivity contribution in [1.82, 2.24) is 19.7 Å². The third kappa shape index (κ3) is 4.04. The van der Waals surface area contributed by atoms with Crippen LogP contribution in [0.5, 0.6) is 0 Å². The number of hydrogen-bond donors (Lipinski definition) is 1. The van der Waals surface area contributed by atoms with E-state index in [1.54, 1.807) is 12.4 Å². The molecule has 0 aliphatic carbocycles. The monoisotopic (exact) mass is 306 g/mol. The molecule has 2 aromatic heterocycles. The summed E-state index contributed by atoms with van der Waals surface area (Å²) in [6, 6.07) is 2.00. The van der Waals surface area contributed by atoms with E-state index in [2.05, 4.69) is 29.0 Å². The molecule has 0 aliphatic rings. The Balaban J connectivity index is 2.38. The maximum Gasteiger partial charge on any atom is 0.313 e. The van der Waals surface area contributed by atoms with Gasteiger partial charge in [-0.15, -0.1) is 10.2 Å². The zero-order valence-corrected chi connectivity index (χ0v) is 13.1. The normalized spacial score (nSPS) is 11.0. The van der Waals surface area contributed by atoms with Crippen molar-refractivity contribution in [1.29, 1.82) is 0 Å². The molecule has 0 bridgehead atoms. The highest BCUT2D eigenvalue weighted by Gasteiger charge is 2.16. The van der Waals surface area contributed by atoms with Crippen molar-refractivity contribution in [2.24, 2.45) is 5.92 Å². The lowest BCUT2D eigenvalue weighted by molar-refractivity contribution is -0.133. The van der Waals surface area contributed by atoms with E-state index in [1.807, 2.05) is 17.6 Å².